The lowest BCUT2D eigenvalue weighted by Gasteiger charge is -2.14. The van der Waals surface area contributed by atoms with Crippen LogP contribution in [0.1, 0.15) is 0 Å². The summed E-state index contributed by atoms with van der Waals surface area (Å²) in [6, 6.07) is 1.46. The zero-order valence-corrected chi connectivity index (χ0v) is 9.01. The second kappa shape index (κ2) is 4.21. The predicted molar refractivity (Wildman–Crippen MR) is 60.5 cm³/mol. The molecule has 3 rings (SSSR count). The number of nitrogens with zero attached hydrogens (tertiary/aromatic N) is 3. The topological polar surface area (TPSA) is 59.9 Å². The van der Waals surface area contributed by atoms with Crippen molar-refractivity contribution in [3.05, 3.63) is 24.8 Å². The van der Waals surface area contributed by atoms with Gasteiger partial charge in [-0.15, -0.1) is 0 Å². The van der Waals surface area contributed by atoms with E-state index in [1.807, 2.05) is 0 Å². The van der Waals surface area contributed by atoms with Crippen LogP contribution in [0.4, 0.5) is 10.2 Å². The molecule has 0 amide bonds. The van der Waals surface area contributed by atoms with Crippen LogP contribution in [0.2, 0.25) is 0 Å². The van der Waals surface area contributed by atoms with Crippen LogP contribution in [-0.2, 0) is 4.74 Å². The molecule has 17 heavy (non-hydrogen) atoms. The third-order valence-corrected chi connectivity index (χ3v) is 2.77. The summed E-state index contributed by atoms with van der Waals surface area (Å²) in [5.74, 6) is 0.621. The van der Waals surface area contributed by atoms with Gasteiger partial charge in [-0.05, 0) is 6.07 Å². The highest BCUT2D eigenvalue weighted by atomic mass is 19.1. The molecule has 2 aromatic rings. The van der Waals surface area contributed by atoms with E-state index in [0.717, 1.165) is 10.9 Å². The summed E-state index contributed by atoms with van der Waals surface area (Å²) in [7, 11) is 0. The van der Waals surface area contributed by atoms with E-state index < -0.39 is 6.17 Å². The highest BCUT2D eigenvalue weighted by molar-refractivity contribution is 5.88. The number of ether oxygens (including phenoxy) is 1. The van der Waals surface area contributed by atoms with Crippen LogP contribution < -0.4 is 5.32 Å². The number of hydrogen-bond donors (Lipinski definition) is 1. The lowest BCUT2D eigenvalue weighted by molar-refractivity contribution is 0.173. The first-order valence-corrected chi connectivity index (χ1v) is 5.37. The molecular formula is C11H11FN4O. The van der Waals surface area contributed by atoms with Gasteiger partial charge in [0.05, 0.1) is 31.0 Å². The van der Waals surface area contributed by atoms with Gasteiger partial charge in [0.2, 0.25) is 0 Å². The minimum absolute atomic E-state index is 0.141. The van der Waals surface area contributed by atoms with Gasteiger partial charge in [0.25, 0.3) is 0 Å². The van der Waals surface area contributed by atoms with E-state index in [4.69, 9.17) is 4.74 Å². The molecule has 88 valence electrons. The Bertz CT molecular complexity index is 530. The molecule has 2 atom stereocenters. The molecule has 1 aliphatic heterocycles. The molecule has 1 aliphatic rings. The first kappa shape index (κ1) is 10.3. The van der Waals surface area contributed by atoms with Gasteiger partial charge in [0.15, 0.2) is 0 Å². The van der Waals surface area contributed by atoms with Crippen LogP contribution in [-0.4, -0.2) is 40.4 Å². The third-order valence-electron chi connectivity index (χ3n) is 2.77. The fraction of sp³-hybridized carbons (Fsp3) is 0.364. The van der Waals surface area contributed by atoms with Crippen LogP contribution in [0.25, 0.3) is 10.9 Å². The van der Waals surface area contributed by atoms with Crippen LogP contribution in [0.3, 0.4) is 0 Å². The van der Waals surface area contributed by atoms with Crippen LogP contribution >= 0.6 is 0 Å². The highest BCUT2D eigenvalue weighted by Crippen LogP contribution is 2.21. The van der Waals surface area contributed by atoms with Crippen molar-refractivity contribution in [2.45, 2.75) is 12.2 Å². The molecule has 2 aromatic heterocycles. The van der Waals surface area contributed by atoms with Gasteiger partial charge in [-0.1, -0.05) is 0 Å². The molecular weight excluding hydrogens is 223 g/mol. The Balaban J connectivity index is 1.94. The fourth-order valence-electron chi connectivity index (χ4n) is 1.86. The molecule has 1 N–H and O–H groups in total. The van der Waals surface area contributed by atoms with Crippen molar-refractivity contribution in [1.29, 1.82) is 0 Å². The zero-order chi connectivity index (χ0) is 11.7. The summed E-state index contributed by atoms with van der Waals surface area (Å²) in [6.45, 7) is 0.500. The average molecular weight is 234 g/mol. The van der Waals surface area contributed by atoms with E-state index in [0.29, 0.717) is 12.4 Å². The monoisotopic (exact) mass is 234 g/mol. The van der Waals surface area contributed by atoms with Crippen LogP contribution in [0.5, 0.6) is 0 Å². The molecule has 1 saturated heterocycles. The minimum atomic E-state index is -0.998. The van der Waals surface area contributed by atoms with Crippen molar-refractivity contribution in [2.24, 2.45) is 0 Å². The standard InChI is InChI=1S/C11H11FN4O/c12-8-4-17-5-10(8)16-11-7-1-2-13-3-9(7)14-6-15-11/h1-3,6,8,10H,4-5H2,(H,14,15,16)/t8-,10-/m1/s1. The second-order valence-corrected chi connectivity index (χ2v) is 3.92. The summed E-state index contributed by atoms with van der Waals surface area (Å²) in [5, 5.41) is 3.89. The summed E-state index contributed by atoms with van der Waals surface area (Å²) in [5.41, 5.74) is 0.735. The van der Waals surface area contributed by atoms with E-state index in [-0.39, 0.29) is 12.6 Å². The van der Waals surface area contributed by atoms with Gasteiger partial charge in [-0.2, -0.15) is 0 Å². The number of rotatable bonds is 2. The fourth-order valence-corrected chi connectivity index (χ4v) is 1.86. The Morgan fingerprint density at radius 1 is 1.35 bits per heavy atom. The Labute approximate surface area is 97.1 Å². The van der Waals surface area contributed by atoms with Gasteiger partial charge in [-0.3, -0.25) is 4.98 Å². The van der Waals surface area contributed by atoms with E-state index in [1.165, 1.54) is 6.33 Å². The maximum Gasteiger partial charge on any atom is 0.146 e. The maximum absolute atomic E-state index is 13.4. The van der Waals surface area contributed by atoms with E-state index >= 15 is 0 Å². The van der Waals surface area contributed by atoms with Gasteiger partial charge < -0.3 is 10.1 Å². The molecule has 3 heterocycles. The summed E-state index contributed by atoms with van der Waals surface area (Å²) >= 11 is 0. The number of pyridine rings is 1. The van der Waals surface area contributed by atoms with E-state index in [9.17, 15) is 4.39 Å². The lowest BCUT2D eigenvalue weighted by Crippen LogP contribution is -2.29. The van der Waals surface area contributed by atoms with Crippen molar-refractivity contribution >= 4 is 16.7 Å². The normalized spacial score (nSPS) is 24.1. The largest absolute Gasteiger partial charge is 0.376 e. The van der Waals surface area contributed by atoms with Crippen molar-refractivity contribution in [2.75, 3.05) is 18.5 Å². The smallest absolute Gasteiger partial charge is 0.146 e. The number of hydrogen-bond acceptors (Lipinski definition) is 5. The van der Waals surface area contributed by atoms with Crippen molar-refractivity contribution in [3.8, 4) is 0 Å². The number of fused-ring (bicyclic) bond motifs is 1. The molecule has 6 heteroatoms. The molecule has 0 aromatic carbocycles. The molecule has 0 bridgehead atoms. The molecule has 0 radical (unpaired) electrons. The Kier molecular flexibility index (Phi) is 2.56. The number of nitrogens with one attached hydrogen (secondary N) is 1. The molecule has 5 nitrogen and oxygen atoms in total. The molecule has 0 unspecified atom stereocenters. The summed E-state index contributed by atoms with van der Waals surface area (Å²) < 4.78 is 18.5. The second-order valence-electron chi connectivity index (χ2n) is 3.92. The van der Waals surface area contributed by atoms with Gasteiger partial charge in [0.1, 0.15) is 18.3 Å². The van der Waals surface area contributed by atoms with Crippen molar-refractivity contribution in [3.63, 3.8) is 0 Å². The SMILES string of the molecule is F[C@@H]1COC[C@H]1Nc1ncnc2cnccc12. The lowest BCUT2D eigenvalue weighted by atomic mass is 10.2. The summed E-state index contributed by atoms with van der Waals surface area (Å²) in [4.78, 5) is 12.2. The highest BCUT2D eigenvalue weighted by Gasteiger charge is 2.28. The predicted octanol–water partition coefficient (Wildman–Crippen LogP) is 1.17. The number of aromatic nitrogens is 3. The summed E-state index contributed by atoms with van der Waals surface area (Å²) in [6.07, 6.45) is 3.76. The van der Waals surface area contributed by atoms with Crippen LogP contribution in [0.15, 0.2) is 24.8 Å². The Morgan fingerprint density at radius 3 is 3.12 bits per heavy atom. The third kappa shape index (κ3) is 1.91. The van der Waals surface area contributed by atoms with E-state index in [1.54, 1.807) is 18.5 Å². The quantitative estimate of drug-likeness (QED) is 0.845. The van der Waals surface area contributed by atoms with Crippen LogP contribution in [0, 0.1) is 0 Å². The van der Waals surface area contributed by atoms with Gasteiger partial charge >= 0.3 is 0 Å². The number of halogens is 1. The number of anilines is 1. The zero-order valence-electron chi connectivity index (χ0n) is 9.01. The van der Waals surface area contributed by atoms with Crippen molar-refractivity contribution in [1.82, 2.24) is 15.0 Å². The average Bonchev–Trinajstić information content (AvgIpc) is 2.76. The Hall–Kier alpha value is -1.82. The first-order valence-electron chi connectivity index (χ1n) is 5.37. The molecule has 0 aliphatic carbocycles. The van der Waals surface area contributed by atoms with Crippen molar-refractivity contribution < 1.29 is 9.13 Å². The maximum atomic E-state index is 13.4. The molecule has 0 spiro atoms. The van der Waals surface area contributed by atoms with Gasteiger partial charge in [0, 0.05) is 11.6 Å². The minimum Gasteiger partial charge on any atom is -0.376 e. The number of alkyl halides is 1. The Morgan fingerprint density at radius 2 is 2.29 bits per heavy atom. The molecule has 1 fully saturated rings. The first-order chi connectivity index (χ1) is 8.34. The van der Waals surface area contributed by atoms with E-state index in [2.05, 4.69) is 20.3 Å². The van der Waals surface area contributed by atoms with Gasteiger partial charge in [-0.25, -0.2) is 14.4 Å². The molecule has 0 saturated carbocycles.